The zero-order chi connectivity index (χ0) is 8.15. The number of carbonyl (C=O) groups is 1. The molecule has 5 nitrogen and oxygen atoms in total. The van der Waals surface area contributed by atoms with Gasteiger partial charge in [0, 0.05) is 22.8 Å². The fourth-order valence-electron chi connectivity index (χ4n) is 0.416. The number of carboxylic acid groups (broad SMARTS) is 1. The highest BCUT2D eigenvalue weighted by Crippen LogP contribution is 1.89. The van der Waals surface area contributed by atoms with Crippen molar-refractivity contribution in [2.45, 2.75) is 12.5 Å². The van der Waals surface area contributed by atoms with Gasteiger partial charge in [-0.3, -0.25) is 9.00 Å². The summed E-state index contributed by atoms with van der Waals surface area (Å²) in [5.41, 5.74) is 5.13. The number of nitrogens with two attached hydrogens (primary N) is 1. The van der Waals surface area contributed by atoms with E-state index in [0.717, 1.165) is 0 Å². The van der Waals surface area contributed by atoms with Gasteiger partial charge < -0.3 is 17.0 Å². The molecule has 0 bridgehead atoms. The Morgan fingerprint density at radius 1 is 1.73 bits per heavy atom. The van der Waals surface area contributed by atoms with Gasteiger partial charge in [0.1, 0.15) is 6.04 Å². The quantitative estimate of drug-likeness (QED) is 0.533. The number of carboxylic acids is 1. The molecule has 2 unspecified atom stereocenters. The van der Waals surface area contributed by atoms with E-state index in [0.29, 0.717) is 5.75 Å². The van der Waals surface area contributed by atoms with Gasteiger partial charge in [-0.25, -0.2) is 0 Å². The zero-order valence-corrected chi connectivity index (χ0v) is 7.26. The minimum absolute atomic E-state index is 0. The van der Waals surface area contributed by atoms with Crippen molar-refractivity contribution in [3.05, 3.63) is 0 Å². The van der Waals surface area contributed by atoms with E-state index in [1.807, 2.05) is 0 Å². The summed E-state index contributed by atoms with van der Waals surface area (Å²) in [5.74, 6) is -0.682. The second-order valence-electron chi connectivity index (χ2n) is 2.01. The minimum Gasteiger partial charge on any atom is -0.480 e. The van der Waals surface area contributed by atoms with Gasteiger partial charge in [0.15, 0.2) is 0 Å². The van der Waals surface area contributed by atoms with E-state index >= 15 is 0 Å². The van der Waals surface area contributed by atoms with Crippen LogP contribution in [0, 0.1) is 0 Å². The van der Waals surface area contributed by atoms with Crippen LogP contribution in [0.25, 0.3) is 0 Å². The Balaban J connectivity index is 0. The third kappa shape index (κ3) is 7.44. The van der Waals surface area contributed by atoms with Crippen molar-refractivity contribution < 1.29 is 14.1 Å². The van der Waals surface area contributed by atoms with Gasteiger partial charge in [0.25, 0.3) is 0 Å². The lowest BCUT2D eigenvalue weighted by Crippen LogP contribution is -2.31. The molecule has 11 heavy (non-hydrogen) atoms. The summed E-state index contributed by atoms with van der Waals surface area (Å²) in [7, 11) is -0.946. The Morgan fingerprint density at radius 2 is 2.18 bits per heavy atom. The molecule has 0 aromatic carbocycles. The normalized spacial score (nSPS) is 14.7. The van der Waals surface area contributed by atoms with Crippen molar-refractivity contribution >= 4 is 16.8 Å². The molecule has 0 heterocycles. The molecule has 6 N–H and O–H groups in total. The summed E-state index contributed by atoms with van der Waals surface area (Å²) in [4.78, 5) is 10.1. The molecule has 0 aliphatic rings. The molecule has 0 aromatic rings. The number of hydrogen-bond donors (Lipinski definition) is 3. The second-order valence-corrected chi connectivity index (χ2v) is 3.57. The van der Waals surface area contributed by atoms with E-state index in [9.17, 15) is 9.00 Å². The summed E-state index contributed by atoms with van der Waals surface area (Å²) in [6.45, 7) is 0. The first-order valence-corrected chi connectivity index (χ1v) is 4.55. The average molecular weight is 182 g/mol. The van der Waals surface area contributed by atoms with E-state index < -0.39 is 22.8 Å². The van der Waals surface area contributed by atoms with Gasteiger partial charge in [-0.2, -0.15) is 0 Å². The first kappa shape index (κ1) is 13.2. The summed E-state index contributed by atoms with van der Waals surface area (Å²) in [6, 6.07) is -0.871. The fourth-order valence-corrected chi connectivity index (χ4v) is 1.00. The van der Waals surface area contributed by atoms with Gasteiger partial charge in [-0.15, -0.1) is 0 Å². The van der Waals surface area contributed by atoms with Crippen LogP contribution in [-0.2, 0) is 15.6 Å². The number of hydrogen-bond acceptors (Lipinski definition) is 4. The highest BCUT2D eigenvalue weighted by molar-refractivity contribution is 7.84. The zero-order valence-electron chi connectivity index (χ0n) is 6.45. The molecular weight excluding hydrogens is 168 g/mol. The highest BCUT2D eigenvalue weighted by atomic mass is 32.2. The van der Waals surface area contributed by atoms with Crippen LogP contribution in [0.1, 0.15) is 6.42 Å². The molecule has 0 amide bonds. The molecule has 0 aromatic heterocycles. The predicted molar refractivity (Wildman–Crippen MR) is 44.2 cm³/mol. The van der Waals surface area contributed by atoms with E-state index in [2.05, 4.69) is 0 Å². The Bertz CT molecular complexity index is 151. The Morgan fingerprint density at radius 3 is 2.45 bits per heavy atom. The van der Waals surface area contributed by atoms with E-state index in [-0.39, 0.29) is 12.6 Å². The topological polar surface area (TPSA) is 115 Å². The van der Waals surface area contributed by atoms with Crippen LogP contribution in [0.15, 0.2) is 0 Å². The summed E-state index contributed by atoms with van der Waals surface area (Å²) >= 11 is 0. The molecule has 0 fully saturated rings. The third-order valence-corrected chi connectivity index (χ3v) is 1.84. The first-order valence-electron chi connectivity index (χ1n) is 2.82. The third-order valence-electron chi connectivity index (χ3n) is 1.03. The van der Waals surface area contributed by atoms with Gasteiger partial charge in [0.05, 0.1) is 0 Å². The molecule has 6 heteroatoms. The molecule has 0 radical (unpaired) electrons. The van der Waals surface area contributed by atoms with Gasteiger partial charge in [-0.05, 0) is 6.42 Å². The SMILES string of the molecule is CS(=O)CCC(N)C(=O)O.N. The van der Waals surface area contributed by atoms with Crippen molar-refractivity contribution in [3.8, 4) is 0 Å². The van der Waals surface area contributed by atoms with Crippen molar-refractivity contribution in [2.75, 3.05) is 12.0 Å². The van der Waals surface area contributed by atoms with Gasteiger partial charge in [-0.1, -0.05) is 0 Å². The van der Waals surface area contributed by atoms with Gasteiger partial charge in [0.2, 0.25) is 0 Å². The van der Waals surface area contributed by atoms with Crippen LogP contribution >= 0.6 is 0 Å². The Labute approximate surface area is 68.0 Å². The summed E-state index contributed by atoms with van der Waals surface area (Å²) in [5, 5.41) is 8.27. The predicted octanol–water partition coefficient (Wildman–Crippen LogP) is -0.671. The monoisotopic (exact) mass is 182 g/mol. The molecule has 0 aliphatic carbocycles. The molecule has 0 rings (SSSR count). The van der Waals surface area contributed by atoms with Crippen LogP contribution in [-0.4, -0.2) is 33.3 Å². The maximum absolute atomic E-state index is 10.4. The van der Waals surface area contributed by atoms with Crippen molar-refractivity contribution in [2.24, 2.45) is 5.73 Å². The molecule has 0 spiro atoms. The number of aliphatic carboxylic acids is 1. The lowest BCUT2D eigenvalue weighted by atomic mass is 10.2. The van der Waals surface area contributed by atoms with Crippen molar-refractivity contribution in [3.63, 3.8) is 0 Å². The largest absolute Gasteiger partial charge is 0.480 e. The van der Waals surface area contributed by atoms with Crippen LogP contribution in [0.2, 0.25) is 0 Å². The maximum Gasteiger partial charge on any atom is 0.320 e. The number of rotatable bonds is 4. The minimum atomic E-state index is -1.04. The lowest BCUT2D eigenvalue weighted by molar-refractivity contribution is -0.138. The molecule has 68 valence electrons. The molecule has 0 aliphatic heterocycles. The lowest BCUT2D eigenvalue weighted by Gasteiger charge is -2.02. The van der Waals surface area contributed by atoms with Gasteiger partial charge >= 0.3 is 5.97 Å². The smallest absolute Gasteiger partial charge is 0.320 e. The summed E-state index contributed by atoms with van der Waals surface area (Å²) in [6.07, 6.45) is 1.80. The molecule has 0 saturated carbocycles. The van der Waals surface area contributed by atoms with E-state index in [1.165, 1.54) is 6.26 Å². The average Bonchev–Trinajstić information content (AvgIpc) is 1.82. The van der Waals surface area contributed by atoms with Crippen LogP contribution in [0.5, 0.6) is 0 Å². The van der Waals surface area contributed by atoms with Crippen LogP contribution in [0.4, 0.5) is 0 Å². The van der Waals surface area contributed by atoms with Crippen LogP contribution in [0.3, 0.4) is 0 Å². The highest BCUT2D eigenvalue weighted by Gasteiger charge is 2.10. The Hall–Kier alpha value is -0.460. The molecule has 2 atom stereocenters. The fraction of sp³-hybridized carbons (Fsp3) is 0.800. The van der Waals surface area contributed by atoms with E-state index in [4.69, 9.17) is 10.8 Å². The molecular formula is C5H14N2O3S. The summed E-state index contributed by atoms with van der Waals surface area (Å²) < 4.78 is 10.4. The molecule has 0 saturated heterocycles. The van der Waals surface area contributed by atoms with Crippen molar-refractivity contribution in [1.29, 1.82) is 0 Å². The van der Waals surface area contributed by atoms with Crippen molar-refractivity contribution in [1.82, 2.24) is 6.15 Å². The maximum atomic E-state index is 10.4. The Kier molecular flexibility index (Phi) is 7.49. The second kappa shape index (κ2) is 6.26. The van der Waals surface area contributed by atoms with E-state index in [1.54, 1.807) is 0 Å². The first-order chi connectivity index (χ1) is 4.54. The standard InChI is InChI=1S/C5H11NO3S.H3N/c1-10(9)3-2-4(6)5(7)8;/h4H,2-3,6H2,1H3,(H,7,8);1H3. The van der Waals surface area contributed by atoms with Crippen LogP contribution < -0.4 is 11.9 Å².